The summed E-state index contributed by atoms with van der Waals surface area (Å²) in [6.07, 6.45) is 3.91. The van der Waals surface area contributed by atoms with E-state index in [4.69, 9.17) is 4.74 Å². The molecule has 0 saturated carbocycles. The second-order valence-corrected chi connectivity index (χ2v) is 3.78. The highest BCUT2D eigenvalue weighted by molar-refractivity contribution is 5.36. The molecule has 2 rings (SSSR count). The molecule has 0 aromatic heterocycles. The van der Waals surface area contributed by atoms with Gasteiger partial charge in [0.1, 0.15) is 17.3 Å². The van der Waals surface area contributed by atoms with Crippen LogP contribution in [0.1, 0.15) is 12.5 Å². The lowest BCUT2D eigenvalue weighted by Crippen LogP contribution is -2.18. The number of halogens is 1. The largest absolute Gasteiger partial charge is 0.455 e. The minimum Gasteiger partial charge on any atom is -0.455 e. The van der Waals surface area contributed by atoms with Crippen molar-refractivity contribution in [1.29, 1.82) is 0 Å². The number of allylic oxidation sites excluding steroid dienone is 2. The SMILES string of the molecule is CC1=C(Oc2ccc(F)cc2C)C=CCN1. The number of nitrogens with one attached hydrogen (secondary N) is 1. The Morgan fingerprint density at radius 2 is 2.12 bits per heavy atom. The minimum atomic E-state index is -0.243. The molecule has 2 nitrogen and oxygen atoms in total. The van der Waals surface area contributed by atoms with Crippen LogP contribution in [0.25, 0.3) is 0 Å². The Morgan fingerprint density at radius 3 is 2.81 bits per heavy atom. The highest BCUT2D eigenvalue weighted by atomic mass is 19.1. The fourth-order valence-corrected chi connectivity index (χ4v) is 1.55. The van der Waals surface area contributed by atoms with Gasteiger partial charge in [-0.2, -0.15) is 0 Å². The van der Waals surface area contributed by atoms with E-state index in [9.17, 15) is 4.39 Å². The molecule has 0 atom stereocenters. The second-order valence-electron chi connectivity index (χ2n) is 3.78. The van der Waals surface area contributed by atoms with E-state index in [1.54, 1.807) is 6.07 Å². The van der Waals surface area contributed by atoms with Crippen LogP contribution in [-0.4, -0.2) is 6.54 Å². The van der Waals surface area contributed by atoms with Crippen molar-refractivity contribution in [3.05, 3.63) is 53.2 Å². The van der Waals surface area contributed by atoms with E-state index in [1.165, 1.54) is 12.1 Å². The summed E-state index contributed by atoms with van der Waals surface area (Å²) in [4.78, 5) is 0. The van der Waals surface area contributed by atoms with Crippen LogP contribution >= 0.6 is 0 Å². The number of rotatable bonds is 2. The van der Waals surface area contributed by atoms with Crippen molar-refractivity contribution in [2.75, 3.05) is 6.54 Å². The molecule has 0 spiro atoms. The predicted octanol–water partition coefficient (Wildman–Crippen LogP) is 2.90. The van der Waals surface area contributed by atoms with Gasteiger partial charge in [0.2, 0.25) is 0 Å². The van der Waals surface area contributed by atoms with Crippen LogP contribution in [0, 0.1) is 12.7 Å². The molecule has 1 heterocycles. The number of ether oxygens (including phenoxy) is 1. The summed E-state index contributed by atoms with van der Waals surface area (Å²) >= 11 is 0. The van der Waals surface area contributed by atoms with Gasteiger partial charge in [-0.05, 0) is 43.7 Å². The fraction of sp³-hybridized carbons (Fsp3) is 0.231. The van der Waals surface area contributed by atoms with Crippen LogP contribution < -0.4 is 10.1 Å². The zero-order chi connectivity index (χ0) is 11.5. The maximum atomic E-state index is 12.9. The van der Waals surface area contributed by atoms with Crippen molar-refractivity contribution >= 4 is 0 Å². The lowest BCUT2D eigenvalue weighted by Gasteiger charge is -2.16. The maximum absolute atomic E-state index is 12.9. The highest BCUT2D eigenvalue weighted by Gasteiger charge is 2.08. The van der Waals surface area contributed by atoms with Gasteiger partial charge in [-0.15, -0.1) is 0 Å². The summed E-state index contributed by atoms with van der Waals surface area (Å²) in [6.45, 7) is 4.60. The standard InChI is InChI=1S/C13H14FNO/c1-9-8-11(14)5-6-12(9)16-13-4-3-7-15-10(13)2/h3-6,8,15H,7H2,1-2H3. The van der Waals surface area contributed by atoms with E-state index >= 15 is 0 Å². The molecule has 0 radical (unpaired) electrons. The summed E-state index contributed by atoms with van der Waals surface area (Å²) in [7, 11) is 0. The predicted molar refractivity (Wildman–Crippen MR) is 61.6 cm³/mol. The van der Waals surface area contributed by atoms with E-state index < -0.39 is 0 Å². The van der Waals surface area contributed by atoms with Crippen LogP contribution in [0.2, 0.25) is 0 Å². The third-order valence-electron chi connectivity index (χ3n) is 2.48. The lowest BCUT2D eigenvalue weighted by atomic mass is 10.2. The molecule has 3 heteroatoms. The molecule has 1 aliphatic heterocycles. The first-order valence-electron chi connectivity index (χ1n) is 5.22. The summed E-state index contributed by atoms with van der Waals surface area (Å²) in [5, 5.41) is 3.18. The maximum Gasteiger partial charge on any atom is 0.145 e. The molecule has 84 valence electrons. The monoisotopic (exact) mass is 219 g/mol. The molecule has 1 aliphatic rings. The first kappa shape index (κ1) is 10.7. The summed E-state index contributed by atoms with van der Waals surface area (Å²) in [6, 6.07) is 4.51. The quantitative estimate of drug-likeness (QED) is 0.825. The van der Waals surface area contributed by atoms with E-state index in [0.29, 0.717) is 5.75 Å². The Hall–Kier alpha value is -1.77. The molecule has 0 bridgehead atoms. The van der Waals surface area contributed by atoms with Crippen LogP contribution in [0.4, 0.5) is 4.39 Å². The molecule has 0 fully saturated rings. The van der Waals surface area contributed by atoms with Crippen molar-refractivity contribution < 1.29 is 9.13 Å². The zero-order valence-corrected chi connectivity index (χ0v) is 9.38. The van der Waals surface area contributed by atoms with Gasteiger partial charge in [0.05, 0.1) is 5.70 Å². The molecular weight excluding hydrogens is 205 g/mol. The average molecular weight is 219 g/mol. The van der Waals surface area contributed by atoms with Gasteiger partial charge >= 0.3 is 0 Å². The summed E-state index contributed by atoms with van der Waals surface area (Å²) in [5.74, 6) is 1.22. The van der Waals surface area contributed by atoms with Crippen molar-refractivity contribution in [1.82, 2.24) is 5.32 Å². The molecule has 1 aromatic rings. The molecule has 0 saturated heterocycles. The van der Waals surface area contributed by atoms with Crippen LogP contribution in [-0.2, 0) is 0 Å². The Bertz CT molecular complexity index is 463. The smallest absolute Gasteiger partial charge is 0.145 e. The van der Waals surface area contributed by atoms with Gasteiger partial charge in [-0.3, -0.25) is 0 Å². The lowest BCUT2D eigenvalue weighted by molar-refractivity contribution is 0.425. The molecule has 0 amide bonds. The third-order valence-corrected chi connectivity index (χ3v) is 2.48. The highest BCUT2D eigenvalue weighted by Crippen LogP contribution is 2.22. The zero-order valence-electron chi connectivity index (χ0n) is 9.38. The second kappa shape index (κ2) is 4.39. The Kier molecular flexibility index (Phi) is 2.95. The number of benzene rings is 1. The van der Waals surface area contributed by atoms with E-state index in [1.807, 2.05) is 26.0 Å². The van der Waals surface area contributed by atoms with E-state index in [0.717, 1.165) is 23.6 Å². The van der Waals surface area contributed by atoms with Crippen LogP contribution in [0.15, 0.2) is 41.8 Å². The first-order chi connectivity index (χ1) is 7.66. The van der Waals surface area contributed by atoms with Crippen molar-refractivity contribution in [3.8, 4) is 5.75 Å². The van der Waals surface area contributed by atoms with Gasteiger partial charge in [-0.25, -0.2) is 4.39 Å². The first-order valence-corrected chi connectivity index (χ1v) is 5.22. The van der Waals surface area contributed by atoms with Crippen molar-refractivity contribution in [2.24, 2.45) is 0 Å². The molecule has 0 aliphatic carbocycles. The number of hydrogen-bond acceptors (Lipinski definition) is 2. The third kappa shape index (κ3) is 2.24. The van der Waals surface area contributed by atoms with E-state index in [2.05, 4.69) is 5.32 Å². The minimum absolute atomic E-state index is 0.243. The van der Waals surface area contributed by atoms with Gasteiger partial charge in [0, 0.05) is 6.54 Å². The topological polar surface area (TPSA) is 21.3 Å². The van der Waals surface area contributed by atoms with E-state index in [-0.39, 0.29) is 5.82 Å². The van der Waals surface area contributed by atoms with Crippen molar-refractivity contribution in [2.45, 2.75) is 13.8 Å². The summed E-state index contributed by atoms with van der Waals surface area (Å²) < 4.78 is 18.6. The van der Waals surface area contributed by atoms with Crippen LogP contribution in [0.5, 0.6) is 5.75 Å². The van der Waals surface area contributed by atoms with Gasteiger partial charge < -0.3 is 10.1 Å². The summed E-state index contributed by atoms with van der Waals surface area (Å²) in [5.41, 5.74) is 1.78. The Balaban J connectivity index is 2.24. The molecule has 1 N–H and O–H groups in total. The number of dihydropyridines is 1. The molecule has 0 unspecified atom stereocenters. The normalized spacial score (nSPS) is 14.9. The molecule has 16 heavy (non-hydrogen) atoms. The van der Waals surface area contributed by atoms with Gasteiger partial charge in [0.15, 0.2) is 0 Å². The van der Waals surface area contributed by atoms with Gasteiger partial charge in [-0.1, -0.05) is 6.08 Å². The Labute approximate surface area is 94.4 Å². The molecule has 1 aromatic carbocycles. The molecular formula is C13H14FNO. The van der Waals surface area contributed by atoms with Crippen molar-refractivity contribution in [3.63, 3.8) is 0 Å². The van der Waals surface area contributed by atoms with Crippen LogP contribution in [0.3, 0.4) is 0 Å². The van der Waals surface area contributed by atoms with Gasteiger partial charge in [0.25, 0.3) is 0 Å². The number of hydrogen-bond donors (Lipinski definition) is 1. The number of aryl methyl sites for hydroxylation is 1. The Morgan fingerprint density at radius 1 is 1.31 bits per heavy atom. The average Bonchev–Trinajstić information content (AvgIpc) is 2.25. The fourth-order valence-electron chi connectivity index (χ4n) is 1.55.